The average Bonchev–Trinajstić information content (AvgIpc) is 2.62. The smallest absolute Gasteiger partial charge is 0.0967 e. The van der Waals surface area contributed by atoms with Gasteiger partial charge in [-0.2, -0.15) is 0 Å². The van der Waals surface area contributed by atoms with E-state index >= 15 is 0 Å². The highest BCUT2D eigenvalue weighted by Crippen LogP contribution is 2.17. The Hall–Kier alpha value is -0.940. The van der Waals surface area contributed by atoms with Crippen molar-refractivity contribution >= 4 is 0 Å². The zero-order chi connectivity index (χ0) is 11.5. The first-order valence-corrected chi connectivity index (χ1v) is 5.28. The van der Waals surface area contributed by atoms with E-state index in [2.05, 4.69) is 36.1 Å². The second-order valence-corrected chi connectivity index (χ2v) is 4.29. The van der Waals surface area contributed by atoms with Gasteiger partial charge >= 0.3 is 0 Å². The Kier molecular flexibility index (Phi) is 3.82. The van der Waals surface area contributed by atoms with Gasteiger partial charge in [0.1, 0.15) is 0 Å². The van der Waals surface area contributed by atoms with Crippen LogP contribution >= 0.6 is 0 Å². The van der Waals surface area contributed by atoms with Gasteiger partial charge in [0.05, 0.1) is 5.69 Å². The Labute approximate surface area is 91.2 Å². The first kappa shape index (κ1) is 12.1. The number of hydrogen-bond acceptors (Lipinski definition) is 4. The molecule has 1 aromatic rings. The number of aryl methyl sites for hydroxylation is 1. The third kappa shape index (κ3) is 2.76. The van der Waals surface area contributed by atoms with Crippen LogP contribution in [-0.4, -0.2) is 39.0 Å². The van der Waals surface area contributed by atoms with Crippen molar-refractivity contribution in [1.29, 1.82) is 0 Å². The summed E-state index contributed by atoms with van der Waals surface area (Å²) in [6.07, 6.45) is 2.96. The van der Waals surface area contributed by atoms with Gasteiger partial charge in [0.25, 0.3) is 0 Å². The molecule has 15 heavy (non-hydrogen) atoms. The molecule has 0 spiro atoms. The maximum absolute atomic E-state index is 5.79. The molecule has 0 aliphatic rings. The van der Waals surface area contributed by atoms with Crippen LogP contribution in [-0.2, 0) is 13.6 Å². The van der Waals surface area contributed by atoms with Gasteiger partial charge in [-0.3, -0.25) is 9.58 Å². The van der Waals surface area contributed by atoms with E-state index in [1.165, 1.54) is 0 Å². The van der Waals surface area contributed by atoms with E-state index in [1.54, 1.807) is 4.68 Å². The molecule has 0 radical (unpaired) electrons. The van der Waals surface area contributed by atoms with Crippen molar-refractivity contribution in [2.45, 2.75) is 32.4 Å². The third-order valence-electron chi connectivity index (χ3n) is 3.17. The van der Waals surface area contributed by atoms with E-state index in [9.17, 15) is 0 Å². The average molecular weight is 211 g/mol. The molecule has 0 aliphatic carbocycles. The first-order chi connectivity index (χ1) is 7.01. The number of nitrogens with two attached hydrogens (primary N) is 1. The van der Waals surface area contributed by atoms with Crippen molar-refractivity contribution in [3.05, 3.63) is 11.9 Å². The molecule has 0 bridgehead atoms. The lowest BCUT2D eigenvalue weighted by atomic mass is 9.97. The molecule has 1 heterocycles. The van der Waals surface area contributed by atoms with Gasteiger partial charge in [0, 0.05) is 31.9 Å². The minimum atomic E-state index is 0.0392. The second kappa shape index (κ2) is 4.72. The Balaban J connectivity index is 2.65. The summed E-state index contributed by atoms with van der Waals surface area (Å²) in [7, 11) is 3.95. The van der Waals surface area contributed by atoms with Gasteiger partial charge in [-0.1, -0.05) is 12.1 Å². The molecule has 1 atom stereocenters. The fourth-order valence-corrected chi connectivity index (χ4v) is 1.47. The van der Waals surface area contributed by atoms with Crippen LogP contribution < -0.4 is 5.73 Å². The van der Waals surface area contributed by atoms with Gasteiger partial charge < -0.3 is 5.73 Å². The van der Waals surface area contributed by atoms with Gasteiger partial charge in [0.15, 0.2) is 0 Å². The molecule has 1 aromatic heterocycles. The van der Waals surface area contributed by atoms with E-state index in [-0.39, 0.29) is 5.54 Å². The van der Waals surface area contributed by atoms with Crippen molar-refractivity contribution in [2.75, 3.05) is 13.6 Å². The second-order valence-electron chi connectivity index (χ2n) is 4.29. The maximum Gasteiger partial charge on any atom is 0.0967 e. The highest BCUT2D eigenvalue weighted by Gasteiger charge is 2.25. The lowest BCUT2D eigenvalue weighted by molar-refractivity contribution is 0.130. The Morgan fingerprint density at radius 1 is 1.60 bits per heavy atom. The minimum Gasteiger partial charge on any atom is -0.329 e. The molecular formula is C10H21N5. The van der Waals surface area contributed by atoms with E-state index in [4.69, 9.17) is 5.73 Å². The van der Waals surface area contributed by atoms with Crippen LogP contribution in [0.15, 0.2) is 6.20 Å². The molecule has 86 valence electrons. The van der Waals surface area contributed by atoms with Crippen LogP contribution in [0.1, 0.15) is 26.0 Å². The summed E-state index contributed by atoms with van der Waals surface area (Å²) < 4.78 is 1.72. The Morgan fingerprint density at radius 3 is 2.67 bits per heavy atom. The molecule has 1 rings (SSSR count). The number of likely N-dealkylation sites (N-methyl/N-ethyl adjacent to an activating group) is 1. The predicted molar refractivity (Wildman–Crippen MR) is 60.2 cm³/mol. The highest BCUT2D eigenvalue weighted by molar-refractivity contribution is 4.95. The zero-order valence-electron chi connectivity index (χ0n) is 10.1. The monoisotopic (exact) mass is 211 g/mol. The van der Waals surface area contributed by atoms with Gasteiger partial charge in [0.2, 0.25) is 0 Å². The third-order valence-corrected chi connectivity index (χ3v) is 3.17. The molecule has 1 unspecified atom stereocenters. The molecule has 2 N–H and O–H groups in total. The van der Waals surface area contributed by atoms with Crippen molar-refractivity contribution in [3.63, 3.8) is 0 Å². The summed E-state index contributed by atoms with van der Waals surface area (Å²) in [5, 5.41) is 7.98. The lowest BCUT2D eigenvalue weighted by Gasteiger charge is -2.36. The predicted octanol–water partition coefficient (Wildman–Crippen LogP) is 0.374. The molecule has 5 nitrogen and oxygen atoms in total. The summed E-state index contributed by atoms with van der Waals surface area (Å²) in [5.41, 5.74) is 6.81. The molecule has 0 amide bonds. The van der Waals surface area contributed by atoms with Gasteiger partial charge in [-0.15, -0.1) is 5.10 Å². The fourth-order valence-electron chi connectivity index (χ4n) is 1.47. The van der Waals surface area contributed by atoms with Crippen molar-refractivity contribution in [2.24, 2.45) is 12.8 Å². The Bertz CT molecular complexity index is 303. The Morgan fingerprint density at radius 2 is 2.27 bits per heavy atom. The quantitative estimate of drug-likeness (QED) is 0.764. The number of rotatable bonds is 5. The van der Waals surface area contributed by atoms with Crippen molar-refractivity contribution in [1.82, 2.24) is 19.9 Å². The summed E-state index contributed by atoms with van der Waals surface area (Å²) in [5.74, 6) is 0. The van der Waals surface area contributed by atoms with E-state index in [1.807, 2.05) is 13.2 Å². The van der Waals surface area contributed by atoms with Crippen LogP contribution in [0.3, 0.4) is 0 Å². The van der Waals surface area contributed by atoms with Crippen molar-refractivity contribution < 1.29 is 0 Å². The SMILES string of the molecule is CCC(C)(CN)N(C)Cc1cn(C)nn1. The van der Waals surface area contributed by atoms with Crippen LogP contribution in [0, 0.1) is 0 Å². The molecule has 0 saturated carbocycles. The number of hydrogen-bond donors (Lipinski definition) is 1. The van der Waals surface area contributed by atoms with Gasteiger partial charge in [-0.25, -0.2) is 0 Å². The normalized spacial score (nSPS) is 15.6. The summed E-state index contributed by atoms with van der Waals surface area (Å²) >= 11 is 0. The molecule has 0 fully saturated rings. The van der Waals surface area contributed by atoms with Gasteiger partial charge in [-0.05, 0) is 20.4 Å². The standard InChI is InChI=1S/C10H21N5/c1-5-10(2,8-11)14(3)6-9-7-15(4)13-12-9/h7H,5-6,8,11H2,1-4H3. The van der Waals surface area contributed by atoms with Crippen molar-refractivity contribution in [3.8, 4) is 0 Å². The topological polar surface area (TPSA) is 60.0 Å². The first-order valence-electron chi connectivity index (χ1n) is 5.28. The minimum absolute atomic E-state index is 0.0392. The van der Waals surface area contributed by atoms with Crippen LogP contribution in [0.4, 0.5) is 0 Å². The summed E-state index contributed by atoms with van der Waals surface area (Å²) in [6, 6.07) is 0. The fraction of sp³-hybridized carbons (Fsp3) is 0.800. The van der Waals surface area contributed by atoms with Crippen LogP contribution in [0.2, 0.25) is 0 Å². The molecule has 5 heteroatoms. The van der Waals surface area contributed by atoms with E-state index in [0.29, 0.717) is 6.54 Å². The maximum atomic E-state index is 5.79. The number of nitrogens with zero attached hydrogens (tertiary/aromatic N) is 4. The molecule has 0 aliphatic heterocycles. The molecular weight excluding hydrogens is 190 g/mol. The lowest BCUT2D eigenvalue weighted by Crippen LogP contribution is -2.48. The molecule has 0 aromatic carbocycles. The largest absolute Gasteiger partial charge is 0.329 e. The van der Waals surface area contributed by atoms with Crippen LogP contribution in [0.25, 0.3) is 0 Å². The highest BCUT2D eigenvalue weighted by atomic mass is 15.4. The summed E-state index contributed by atoms with van der Waals surface area (Å²) in [4.78, 5) is 2.23. The number of aromatic nitrogens is 3. The van der Waals surface area contributed by atoms with E-state index in [0.717, 1.165) is 18.7 Å². The summed E-state index contributed by atoms with van der Waals surface area (Å²) in [6.45, 7) is 5.76. The molecule has 0 saturated heterocycles. The van der Waals surface area contributed by atoms with E-state index < -0.39 is 0 Å². The van der Waals surface area contributed by atoms with Crippen LogP contribution in [0.5, 0.6) is 0 Å². The zero-order valence-corrected chi connectivity index (χ0v) is 10.1.